The summed E-state index contributed by atoms with van der Waals surface area (Å²) < 4.78 is 13.7. The number of ketones is 1. The smallest absolute Gasteiger partial charge is 0.156 e. The van der Waals surface area contributed by atoms with E-state index in [-0.39, 0.29) is 18.0 Å². The Bertz CT molecular complexity index is 441. The van der Waals surface area contributed by atoms with Gasteiger partial charge < -0.3 is 5.32 Å². The molecule has 1 saturated heterocycles. The van der Waals surface area contributed by atoms with Crippen molar-refractivity contribution in [3.63, 3.8) is 0 Å². The Kier molecular flexibility index (Phi) is 3.64. The summed E-state index contributed by atoms with van der Waals surface area (Å²) >= 11 is 3.19. The minimum Gasteiger partial charge on any atom is -0.305 e. The maximum absolute atomic E-state index is 13.3. The first-order chi connectivity index (χ1) is 8.03. The van der Waals surface area contributed by atoms with Crippen molar-refractivity contribution in [3.8, 4) is 0 Å². The molecular formula is C13H15BrFNO. The number of halogens is 2. The molecule has 4 heteroatoms. The summed E-state index contributed by atoms with van der Waals surface area (Å²) in [4.78, 5) is 12.2. The molecule has 1 aliphatic heterocycles. The van der Waals surface area contributed by atoms with E-state index >= 15 is 0 Å². The van der Waals surface area contributed by atoms with Gasteiger partial charge in [0.1, 0.15) is 5.82 Å². The van der Waals surface area contributed by atoms with E-state index in [1.54, 1.807) is 12.1 Å². The number of rotatable bonds is 3. The van der Waals surface area contributed by atoms with Gasteiger partial charge in [0.15, 0.2) is 5.78 Å². The molecule has 0 saturated carbocycles. The number of hydrogen-bond acceptors (Lipinski definition) is 2. The first-order valence-electron chi connectivity index (χ1n) is 5.74. The highest BCUT2D eigenvalue weighted by Gasteiger charge is 2.35. The first-order valence-corrected chi connectivity index (χ1v) is 6.53. The highest BCUT2D eigenvalue weighted by atomic mass is 79.9. The Morgan fingerprint density at radius 3 is 3.00 bits per heavy atom. The van der Waals surface area contributed by atoms with Crippen molar-refractivity contribution in [2.75, 3.05) is 6.54 Å². The van der Waals surface area contributed by atoms with Gasteiger partial charge in [0.05, 0.1) is 10.0 Å². The van der Waals surface area contributed by atoms with Crippen LogP contribution in [0, 0.1) is 5.82 Å². The van der Waals surface area contributed by atoms with Gasteiger partial charge in [-0.25, -0.2) is 4.39 Å². The van der Waals surface area contributed by atoms with E-state index < -0.39 is 5.54 Å². The van der Waals surface area contributed by atoms with Crippen molar-refractivity contribution in [1.29, 1.82) is 0 Å². The Balaban J connectivity index is 2.16. The van der Waals surface area contributed by atoms with E-state index in [1.165, 1.54) is 6.07 Å². The van der Waals surface area contributed by atoms with E-state index in [1.807, 2.05) is 6.92 Å². The van der Waals surface area contributed by atoms with Crippen LogP contribution in [0.25, 0.3) is 0 Å². The van der Waals surface area contributed by atoms with Gasteiger partial charge in [-0.05, 0) is 53.9 Å². The number of benzene rings is 1. The highest BCUT2D eigenvalue weighted by molar-refractivity contribution is 9.10. The minimum atomic E-state index is -0.439. The zero-order chi connectivity index (χ0) is 12.5. The van der Waals surface area contributed by atoms with Crippen molar-refractivity contribution in [3.05, 3.63) is 34.1 Å². The van der Waals surface area contributed by atoms with Crippen molar-refractivity contribution in [2.45, 2.75) is 31.7 Å². The molecule has 17 heavy (non-hydrogen) atoms. The van der Waals surface area contributed by atoms with Crippen LogP contribution >= 0.6 is 15.9 Å². The molecular weight excluding hydrogens is 285 g/mol. The lowest BCUT2D eigenvalue weighted by Gasteiger charge is -2.22. The fourth-order valence-electron chi connectivity index (χ4n) is 2.19. The van der Waals surface area contributed by atoms with Gasteiger partial charge >= 0.3 is 0 Å². The van der Waals surface area contributed by atoms with E-state index in [4.69, 9.17) is 0 Å². The van der Waals surface area contributed by atoms with Gasteiger partial charge in [-0.2, -0.15) is 0 Å². The topological polar surface area (TPSA) is 29.1 Å². The van der Waals surface area contributed by atoms with Crippen LogP contribution in [0.1, 0.15) is 25.3 Å². The van der Waals surface area contributed by atoms with Crippen LogP contribution in [0.2, 0.25) is 0 Å². The fourth-order valence-corrected chi connectivity index (χ4v) is 2.59. The Morgan fingerprint density at radius 2 is 2.35 bits per heavy atom. The molecule has 1 aromatic carbocycles. The molecule has 2 nitrogen and oxygen atoms in total. The average Bonchev–Trinajstić information content (AvgIpc) is 2.73. The molecule has 92 valence electrons. The van der Waals surface area contributed by atoms with Crippen molar-refractivity contribution >= 4 is 21.7 Å². The molecule has 1 N–H and O–H groups in total. The lowest BCUT2D eigenvalue weighted by atomic mass is 9.90. The molecule has 0 radical (unpaired) electrons. The van der Waals surface area contributed by atoms with Gasteiger partial charge in [0.2, 0.25) is 0 Å². The van der Waals surface area contributed by atoms with Gasteiger partial charge in [0.25, 0.3) is 0 Å². The summed E-state index contributed by atoms with van der Waals surface area (Å²) in [5.74, 6) is -0.193. The Morgan fingerprint density at radius 1 is 1.59 bits per heavy atom. The summed E-state index contributed by atoms with van der Waals surface area (Å²) in [6, 6.07) is 4.80. The number of carbonyl (C=O) groups excluding carboxylic acids is 1. The molecule has 0 aliphatic carbocycles. The third-order valence-corrected chi connectivity index (χ3v) is 4.25. The normalized spacial score (nSPS) is 23.9. The fraction of sp³-hybridized carbons (Fsp3) is 0.462. The molecule has 1 fully saturated rings. The van der Waals surface area contributed by atoms with E-state index in [2.05, 4.69) is 21.2 Å². The largest absolute Gasteiger partial charge is 0.305 e. The average molecular weight is 300 g/mol. The number of Topliss-reactive ketones (excluding diaryl/α,β-unsaturated/α-hetero) is 1. The Hall–Kier alpha value is -0.740. The van der Waals surface area contributed by atoms with Crippen molar-refractivity contribution in [2.24, 2.45) is 0 Å². The lowest BCUT2D eigenvalue weighted by Crippen LogP contribution is -2.45. The molecule has 1 unspecified atom stereocenters. The molecule has 2 rings (SSSR count). The Labute approximate surface area is 109 Å². The summed E-state index contributed by atoms with van der Waals surface area (Å²) in [7, 11) is 0. The molecule has 0 aromatic heterocycles. The maximum atomic E-state index is 13.3. The molecule has 0 amide bonds. The monoisotopic (exact) mass is 299 g/mol. The zero-order valence-electron chi connectivity index (χ0n) is 9.72. The van der Waals surface area contributed by atoms with Gasteiger partial charge in [0, 0.05) is 6.42 Å². The molecule has 0 spiro atoms. The number of nitrogens with one attached hydrogen (secondary N) is 1. The molecule has 1 aromatic rings. The second-order valence-corrected chi connectivity index (χ2v) is 5.47. The lowest BCUT2D eigenvalue weighted by molar-refractivity contribution is -0.123. The first kappa shape index (κ1) is 12.7. The third kappa shape index (κ3) is 2.58. The second-order valence-electron chi connectivity index (χ2n) is 4.68. The zero-order valence-corrected chi connectivity index (χ0v) is 11.3. The van der Waals surface area contributed by atoms with Crippen LogP contribution < -0.4 is 5.32 Å². The minimum absolute atomic E-state index is 0.126. The van der Waals surface area contributed by atoms with Crippen molar-refractivity contribution < 1.29 is 9.18 Å². The quantitative estimate of drug-likeness (QED) is 0.930. The van der Waals surface area contributed by atoms with Crippen LogP contribution in [0.4, 0.5) is 4.39 Å². The van der Waals surface area contributed by atoms with E-state index in [9.17, 15) is 9.18 Å². The second kappa shape index (κ2) is 4.86. The maximum Gasteiger partial charge on any atom is 0.156 e. The van der Waals surface area contributed by atoms with E-state index in [0.29, 0.717) is 10.0 Å². The van der Waals surface area contributed by atoms with Gasteiger partial charge in [-0.1, -0.05) is 12.1 Å². The summed E-state index contributed by atoms with van der Waals surface area (Å²) in [5, 5.41) is 3.23. The molecule has 1 aliphatic rings. The van der Waals surface area contributed by atoms with Crippen LogP contribution in [0.5, 0.6) is 0 Å². The van der Waals surface area contributed by atoms with Crippen molar-refractivity contribution in [1.82, 2.24) is 5.32 Å². The molecule has 0 bridgehead atoms. The predicted octanol–water partition coefficient (Wildman–Crippen LogP) is 2.84. The van der Waals surface area contributed by atoms with Crippen LogP contribution in [0.3, 0.4) is 0 Å². The van der Waals surface area contributed by atoms with Crippen LogP contribution in [-0.2, 0) is 11.2 Å². The predicted molar refractivity (Wildman–Crippen MR) is 68.5 cm³/mol. The third-order valence-electron chi connectivity index (χ3n) is 3.37. The van der Waals surface area contributed by atoms with Gasteiger partial charge in [-0.3, -0.25) is 4.79 Å². The van der Waals surface area contributed by atoms with E-state index in [0.717, 1.165) is 19.4 Å². The summed E-state index contributed by atoms with van der Waals surface area (Å²) in [6.45, 7) is 2.81. The summed E-state index contributed by atoms with van der Waals surface area (Å²) in [6.07, 6.45) is 2.15. The molecule has 1 heterocycles. The van der Waals surface area contributed by atoms with Crippen LogP contribution in [-0.4, -0.2) is 17.9 Å². The highest BCUT2D eigenvalue weighted by Crippen LogP contribution is 2.25. The number of carbonyl (C=O) groups is 1. The SMILES string of the molecule is CC1(C(=O)Cc2cccc(F)c2Br)CCCN1. The van der Waals surface area contributed by atoms with Gasteiger partial charge in [-0.15, -0.1) is 0 Å². The number of hydrogen-bond donors (Lipinski definition) is 1. The molecule has 1 atom stereocenters. The summed E-state index contributed by atoms with van der Waals surface area (Å²) in [5.41, 5.74) is 0.274. The standard InChI is InChI=1S/C13H15BrFNO/c1-13(6-3-7-16-13)11(17)8-9-4-2-5-10(15)12(9)14/h2,4-5,16H,3,6-8H2,1H3. The van der Waals surface area contributed by atoms with Crippen LogP contribution in [0.15, 0.2) is 22.7 Å².